The van der Waals surface area contributed by atoms with Crippen molar-refractivity contribution in [3.05, 3.63) is 312 Å². The molecule has 18 rings (SSSR count). The van der Waals surface area contributed by atoms with E-state index in [9.17, 15) is 49.5 Å². The van der Waals surface area contributed by atoms with Gasteiger partial charge >= 0.3 is 0 Å². The molecule has 0 radical (unpaired) electrons. The molecule has 0 saturated carbocycles. The van der Waals surface area contributed by atoms with Crippen LogP contribution in [0.5, 0.6) is 34.5 Å². The predicted octanol–water partition coefficient (Wildman–Crippen LogP) is 12.7. The van der Waals surface area contributed by atoms with Gasteiger partial charge in [-0.2, -0.15) is 0 Å². The van der Waals surface area contributed by atoms with Crippen molar-refractivity contribution in [2.24, 2.45) is 0 Å². The molecule has 10 aromatic rings. The molecule has 0 spiro atoms. The Kier molecular flexibility index (Phi) is 24.2. The minimum atomic E-state index is -0.297. The number of pyridine rings is 5. The highest BCUT2D eigenvalue weighted by Crippen LogP contribution is 2.42. The first-order valence-electron chi connectivity index (χ1n) is 39.6. The van der Waals surface area contributed by atoms with Gasteiger partial charge in [0, 0.05) is 187 Å². The van der Waals surface area contributed by atoms with Crippen LogP contribution in [0.1, 0.15) is 174 Å². The van der Waals surface area contributed by atoms with Crippen molar-refractivity contribution >= 4 is 0 Å². The van der Waals surface area contributed by atoms with E-state index >= 15 is 0 Å². The lowest BCUT2D eigenvalue weighted by molar-refractivity contribution is 0.139. The topological polar surface area (TPSA) is 237 Å². The maximum atomic E-state index is 11.8. The summed E-state index contributed by atoms with van der Waals surface area (Å²) in [5, 5.41) is 47.8. The van der Waals surface area contributed by atoms with Gasteiger partial charge in [0.2, 0.25) is 27.1 Å². The first-order chi connectivity index (χ1) is 53.9. The van der Waals surface area contributed by atoms with Crippen LogP contribution in [0.3, 0.4) is 0 Å². The second kappa shape index (κ2) is 34.8. The summed E-state index contributed by atoms with van der Waals surface area (Å²) in [6.07, 6.45) is 20.4. The van der Waals surface area contributed by atoms with Gasteiger partial charge in [0.15, 0.2) is 28.7 Å². The third-order valence-corrected chi connectivity index (χ3v) is 23.9. The predicted molar refractivity (Wildman–Crippen MR) is 430 cm³/mol. The summed E-state index contributed by atoms with van der Waals surface area (Å²) in [5.41, 5.74) is 16.1. The number of aromatic hydroxyl groups is 5. The Morgan fingerprint density at radius 3 is 1.23 bits per heavy atom. The van der Waals surface area contributed by atoms with Crippen LogP contribution >= 0.6 is 0 Å². The lowest BCUT2D eigenvalue weighted by Crippen LogP contribution is -2.38. The first-order valence-corrected chi connectivity index (χ1v) is 39.6. The highest BCUT2D eigenvalue weighted by molar-refractivity contribution is 5.42. The SMILES string of the molecule is CCC(c1ccccc1)N1CCn2cc(O)c(=O)cc2C1.CCCC(c1ccccc1)N1CCn2cc(O)c(=O)cc2C1.COc1ccc2c(c1)C(N1CCn3cc(O)c(=O)cc3C1)CCC2.Cc1cccc2c1CCC2N1CCn2cc(O)c(=O)cc2C1.O=c1cc2n(cc1O)CCN(C1CCCc3ccccc31)C2. The van der Waals surface area contributed by atoms with Crippen molar-refractivity contribution < 1.29 is 30.3 Å². The highest BCUT2D eigenvalue weighted by Gasteiger charge is 2.34. The van der Waals surface area contributed by atoms with Crippen LogP contribution in [-0.4, -0.2) is 113 Å². The number of nitrogens with zero attached hydrogens (tertiary/aromatic N) is 10. The number of hydrogen-bond donors (Lipinski definition) is 5. The number of rotatable bonds is 11. The number of ether oxygens (including phenoxy) is 1. The molecule has 0 amide bonds. The second-order valence-corrected chi connectivity index (χ2v) is 30.7. The molecule has 580 valence electrons. The Bertz CT molecular complexity index is 5270. The number of methoxy groups -OCH3 is 1. The molecule has 5 atom stereocenters. The number of aromatic nitrogens is 5. The molecule has 5 unspecified atom stereocenters. The molecular formula is C90H104N10O11. The molecule has 5 N–H and O–H groups in total. The fourth-order valence-electron chi connectivity index (χ4n) is 18.1. The fraction of sp³-hybridized carbons (Fsp3) is 0.389. The molecule has 0 bridgehead atoms. The van der Waals surface area contributed by atoms with Crippen LogP contribution in [-0.2, 0) is 84.7 Å². The average Bonchev–Trinajstić information content (AvgIpc) is 1.12. The Morgan fingerprint density at radius 2 is 0.775 bits per heavy atom. The normalized spacial score (nSPS) is 19.0. The first kappa shape index (κ1) is 77.2. The smallest absolute Gasteiger partial charge is 0.223 e. The number of hydrogen-bond acceptors (Lipinski definition) is 16. The second-order valence-electron chi connectivity index (χ2n) is 30.7. The van der Waals surface area contributed by atoms with Crippen LogP contribution < -0.4 is 31.9 Å². The van der Waals surface area contributed by atoms with E-state index in [0.29, 0.717) is 30.2 Å². The maximum Gasteiger partial charge on any atom is 0.223 e. The summed E-state index contributed by atoms with van der Waals surface area (Å²) in [7, 11) is 1.70. The lowest BCUT2D eigenvalue weighted by Gasteiger charge is -2.39. The third kappa shape index (κ3) is 17.5. The van der Waals surface area contributed by atoms with E-state index in [1.165, 1.54) is 75.8 Å². The van der Waals surface area contributed by atoms with Gasteiger partial charge in [0.05, 0.1) is 38.1 Å². The van der Waals surface area contributed by atoms with E-state index in [1.807, 2.05) is 41.0 Å². The molecule has 5 aromatic heterocycles. The molecule has 5 aliphatic heterocycles. The van der Waals surface area contributed by atoms with E-state index in [2.05, 4.69) is 148 Å². The molecule has 0 fully saturated rings. The number of benzene rings is 5. The van der Waals surface area contributed by atoms with Gasteiger partial charge in [-0.15, -0.1) is 0 Å². The molecule has 8 aliphatic rings. The van der Waals surface area contributed by atoms with Gasteiger partial charge in [0.1, 0.15) is 5.75 Å². The third-order valence-electron chi connectivity index (χ3n) is 23.9. The molecular weight excluding hydrogens is 1400 g/mol. The van der Waals surface area contributed by atoms with Crippen LogP contribution in [0.2, 0.25) is 0 Å². The fourth-order valence-corrected chi connectivity index (χ4v) is 18.1. The monoisotopic (exact) mass is 1500 g/mol. The van der Waals surface area contributed by atoms with Crippen molar-refractivity contribution in [2.75, 3.05) is 39.8 Å². The molecule has 3 aliphatic carbocycles. The van der Waals surface area contributed by atoms with Gasteiger partial charge in [-0.1, -0.05) is 129 Å². The lowest BCUT2D eigenvalue weighted by atomic mass is 9.86. The van der Waals surface area contributed by atoms with Gasteiger partial charge in [0.25, 0.3) is 0 Å². The molecule has 10 heterocycles. The summed E-state index contributed by atoms with van der Waals surface area (Å²) in [4.78, 5) is 70.7. The largest absolute Gasteiger partial charge is 0.503 e. The van der Waals surface area contributed by atoms with E-state index in [1.54, 1.807) is 68.4 Å². The quantitative estimate of drug-likeness (QED) is 0.0809. The van der Waals surface area contributed by atoms with Crippen molar-refractivity contribution in [2.45, 2.75) is 187 Å². The van der Waals surface area contributed by atoms with Crippen molar-refractivity contribution in [3.8, 4) is 34.5 Å². The zero-order valence-corrected chi connectivity index (χ0v) is 64.2. The standard InChI is InChI=1S/C19H22N2O3.2C18H20N2O2.C18H22N2O2.C17H20N2O2/c1-24-15-6-5-13-3-2-4-17(16(13)10-15)21-8-7-20-12-19(23)18(22)9-14(20)11-21;1-12-3-2-4-15-14(12)5-6-16(15)20-8-7-19-11-18(22)17(21)9-13(19)10-20;21-17-10-14-11-20(9-8-19(14)12-18(17)22)16-7-3-5-13-4-1-2-6-15(13)16;1-2-6-16(14-7-4-3-5-8-14)20-10-9-19-13-18(22)17(21)11-15(19)12-20;1-2-15(13-6-4-3-5-7-13)19-9-8-18-12-17(21)16(20)10-14(18)11-19/h5-6,9-10,12,17,23H,2-4,7-8,11H2,1H3;2-4,9,11,16,22H,5-8,10H2,1H3;1-2,4,6,10,12,16,22H,3,5,7-9,11H2;3-5,7-8,11,13,16,22H,2,6,9-10,12H2,1H3;3-7,10,12,15,21H,2,8-9,11H2,1H3. The Morgan fingerprint density at radius 1 is 0.387 bits per heavy atom. The minimum Gasteiger partial charge on any atom is -0.503 e. The maximum absolute atomic E-state index is 11.8. The summed E-state index contributed by atoms with van der Waals surface area (Å²) in [5.74, 6) is 0.103. The van der Waals surface area contributed by atoms with Gasteiger partial charge in [-0.3, -0.25) is 48.5 Å². The van der Waals surface area contributed by atoms with E-state index < -0.39 is 0 Å². The molecule has 5 aromatic carbocycles. The molecule has 0 saturated heterocycles. The van der Waals surface area contributed by atoms with Crippen LogP contribution in [0.25, 0.3) is 0 Å². The summed E-state index contributed by atoms with van der Waals surface area (Å²) in [6.45, 7) is 19.0. The van der Waals surface area contributed by atoms with Crippen LogP contribution in [0.15, 0.2) is 207 Å². The van der Waals surface area contributed by atoms with Gasteiger partial charge in [-0.05, 0) is 133 Å². The molecule has 21 heteroatoms. The van der Waals surface area contributed by atoms with Gasteiger partial charge < -0.3 is 53.1 Å². The van der Waals surface area contributed by atoms with E-state index in [0.717, 1.165) is 177 Å². The molecule has 111 heavy (non-hydrogen) atoms. The van der Waals surface area contributed by atoms with E-state index in [4.69, 9.17) is 4.74 Å². The van der Waals surface area contributed by atoms with Crippen molar-refractivity contribution in [1.29, 1.82) is 0 Å². The Labute approximate surface area is 648 Å². The number of aryl methyl sites for hydroxylation is 3. The number of fused-ring (bicyclic) bond motifs is 8. The van der Waals surface area contributed by atoms with E-state index in [-0.39, 0.29) is 55.9 Å². The van der Waals surface area contributed by atoms with Crippen LogP contribution in [0.4, 0.5) is 0 Å². The van der Waals surface area contributed by atoms with Gasteiger partial charge in [-0.25, -0.2) is 0 Å². The summed E-state index contributed by atoms with van der Waals surface area (Å²) >= 11 is 0. The van der Waals surface area contributed by atoms with Crippen molar-refractivity contribution in [1.82, 2.24) is 47.3 Å². The van der Waals surface area contributed by atoms with Crippen molar-refractivity contribution in [3.63, 3.8) is 0 Å². The highest BCUT2D eigenvalue weighted by atomic mass is 16.5. The summed E-state index contributed by atoms with van der Waals surface area (Å²) in [6, 6.07) is 52.6. The molecule has 21 nitrogen and oxygen atoms in total. The minimum absolute atomic E-state index is 0.153. The zero-order chi connectivity index (χ0) is 77.4. The average molecular weight is 1500 g/mol. The Hall–Kier alpha value is -10.6. The summed E-state index contributed by atoms with van der Waals surface area (Å²) < 4.78 is 15.4. The van der Waals surface area contributed by atoms with Crippen LogP contribution in [0, 0.1) is 6.92 Å². The zero-order valence-electron chi connectivity index (χ0n) is 64.2. The Balaban J connectivity index is 0.000000116.